The number of nitrogens with one attached hydrogen (secondary N) is 1. The van der Waals surface area contributed by atoms with E-state index in [2.05, 4.69) is 15.3 Å². The molecule has 1 N–H and O–H groups in total. The fourth-order valence-electron chi connectivity index (χ4n) is 2.61. The third-order valence-electron chi connectivity index (χ3n) is 3.96. The van der Waals surface area contributed by atoms with Crippen molar-refractivity contribution in [1.29, 1.82) is 0 Å². The van der Waals surface area contributed by atoms with Crippen LogP contribution in [0.15, 0.2) is 30.6 Å². The first-order valence-electron chi connectivity index (χ1n) is 7.83. The van der Waals surface area contributed by atoms with Gasteiger partial charge in [0, 0.05) is 6.54 Å². The monoisotopic (exact) mass is 357 g/mol. The summed E-state index contributed by atoms with van der Waals surface area (Å²) in [6.45, 7) is 2.62. The van der Waals surface area contributed by atoms with Crippen molar-refractivity contribution in [2.45, 2.75) is 13.3 Å². The first-order chi connectivity index (χ1) is 12.1. The predicted molar refractivity (Wildman–Crippen MR) is 98.7 cm³/mol. The highest BCUT2D eigenvalue weighted by Crippen LogP contribution is 2.33. The average Bonchev–Trinajstić information content (AvgIpc) is 2.99. The minimum Gasteiger partial charge on any atom is -0.497 e. The number of aromatic nitrogens is 2. The highest BCUT2D eigenvalue weighted by atomic mass is 32.1. The molecular weight excluding hydrogens is 338 g/mol. The van der Waals surface area contributed by atoms with Crippen molar-refractivity contribution in [3.05, 3.63) is 46.6 Å². The second kappa shape index (κ2) is 7.48. The first kappa shape index (κ1) is 17.2. The van der Waals surface area contributed by atoms with E-state index in [9.17, 15) is 4.79 Å². The topological polar surface area (TPSA) is 73.3 Å². The Labute approximate surface area is 149 Å². The van der Waals surface area contributed by atoms with Crippen LogP contribution in [-0.4, -0.2) is 36.7 Å². The summed E-state index contributed by atoms with van der Waals surface area (Å²) in [6.07, 6.45) is 2.36. The fourth-order valence-corrected chi connectivity index (χ4v) is 3.68. The number of ether oxygens (including phenoxy) is 2. The van der Waals surface area contributed by atoms with Crippen LogP contribution in [0.5, 0.6) is 5.75 Å². The van der Waals surface area contributed by atoms with Crippen LogP contribution >= 0.6 is 11.3 Å². The number of fused-ring (bicyclic) bond motifs is 1. The van der Waals surface area contributed by atoms with Gasteiger partial charge in [-0.2, -0.15) is 0 Å². The summed E-state index contributed by atoms with van der Waals surface area (Å²) in [5, 5.41) is 4.23. The van der Waals surface area contributed by atoms with Crippen molar-refractivity contribution in [3.63, 3.8) is 0 Å². The molecule has 0 atom stereocenters. The van der Waals surface area contributed by atoms with Gasteiger partial charge < -0.3 is 14.8 Å². The molecule has 0 unspecified atom stereocenters. The predicted octanol–water partition coefficient (Wildman–Crippen LogP) is 3.45. The lowest BCUT2D eigenvalue weighted by Gasteiger charge is -2.08. The maximum Gasteiger partial charge on any atom is 0.348 e. The van der Waals surface area contributed by atoms with Gasteiger partial charge in [0.15, 0.2) is 0 Å². The average molecular weight is 357 g/mol. The molecule has 1 aromatic carbocycles. The zero-order chi connectivity index (χ0) is 17.8. The van der Waals surface area contributed by atoms with Gasteiger partial charge in [-0.1, -0.05) is 12.1 Å². The van der Waals surface area contributed by atoms with Crippen molar-refractivity contribution in [2.75, 3.05) is 26.1 Å². The fraction of sp³-hybridized carbons (Fsp3) is 0.278. The summed E-state index contributed by atoms with van der Waals surface area (Å²) in [5.74, 6) is 1.24. The van der Waals surface area contributed by atoms with E-state index in [-0.39, 0.29) is 5.97 Å². The van der Waals surface area contributed by atoms with Crippen molar-refractivity contribution in [1.82, 2.24) is 9.97 Å². The standard InChI is InChI=1S/C18H19N3O3S/c1-11-14-16(19-9-8-12-4-6-13(23-2)7-5-12)20-10-21-17(14)25-15(11)18(22)24-3/h4-7,10H,8-9H2,1-3H3,(H,19,20,21). The zero-order valence-corrected chi connectivity index (χ0v) is 15.1. The molecule has 0 aliphatic rings. The van der Waals surface area contributed by atoms with Crippen LogP contribution in [0, 0.1) is 6.92 Å². The van der Waals surface area contributed by atoms with Gasteiger partial charge in [0.05, 0.1) is 19.6 Å². The van der Waals surface area contributed by atoms with E-state index < -0.39 is 0 Å². The van der Waals surface area contributed by atoms with E-state index >= 15 is 0 Å². The van der Waals surface area contributed by atoms with Gasteiger partial charge in [-0.3, -0.25) is 0 Å². The minimum atomic E-state index is -0.343. The van der Waals surface area contributed by atoms with Gasteiger partial charge in [0.25, 0.3) is 0 Å². The molecule has 130 valence electrons. The van der Waals surface area contributed by atoms with E-state index in [0.29, 0.717) is 4.88 Å². The van der Waals surface area contributed by atoms with Crippen LogP contribution < -0.4 is 10.1 Å². The second-order valence-electron chi connectivity index (χ2n) is 5.48. The van der Waals surface area contributed by atoms with Gasteiger partial charge in [-0.15, -0.1) is 11.3 Å². The summed E-state index contributed by atoms with van der Waals surface area (Å²) in [5.41, 5.74) is 2.05. The normalized spacial score (nSPS) is 10.7. The lowest BCUT2D eigenvalue weighted by atomic mass is 10.1. The van der Waals surface area contributed by atoms with E-state index in [0.717, 1.165) is 40.3 Å². The van der Waals surface area contributed by atoms with Gasteiger partial charge in [0.1, 0.15) is 27.6 Å². The Morgan fingerprint density at radius 2 is 1.96 bits per heavy atom. The smallest absolute Gasteiger partial charge is 0.348 e. The van der Waals surface area contributed by atoms with E-state index in [1.807, 2.05) is 31.2 Å². The Morgan fingerprint density at radius 1 is 1.20 bits per heavy atom. The number of carbonyl (C=O) groups excluding carboxylic acids is 1. The van der Waals surface area contributed by atoms with Crippen LogP contribution in [0.4, 0.5) is 5.82 Å². The lowest BCUT2D eigenvalue weighted by Crippen LogP contribution is -2.07. The van der Waals surface area contributed by atoms with Gasteiger partial charge in [0.2, 0.25) is 0 Å². The molecule has 2 aromatic heterocycles. The highest BCUT2D eigenvalue weighted by Gasteiger charge is 2.19. The molecule has 3 aromatic rings. The van der Waals surface area contributed by atoms with E-state index in [4.69, 9.17) is 9.47 Å². The number of nitrogens with zero attached hydrogens (tertiary/aromatic N) is 2. The molecular formula is C18H19N3O3S. The molecule has 2 heterocycles. The van der Waals surface area contributed by atoms with E-state index in [1.165, 1.54) is 30.3 Å². The van der Waals surface area contributed by atoms with Crippen LogP contribution in [0.2, 0.25) is 0 Å². The van der Waals surface area contributed by atoms with Gasteiger partial charge in [-0.05, 0) is 36.6 Å². The molecule has 25 heavy (non-hydrogen) atoms. The van der Waals surface area contributed by atoms with Crippen molar-refractivity contribution < 1.29 is 14.3 Å². The lowest BCUT2D eigenvalue weighted by molar-refractivity contribution is 0.0605. The number of carbonyl (C=O) groups is 1. The molecule has 7 heteroatoms. The molecule has 0 saturated carbocycles. The highest BCUT2D eigenvalue weighted by molar-refractivity contribution is 7.20. The van der Waals surface area contributed by atoms with Crippen LogP contribution in [0.1, 0.15) is 20.8 Å². The minimum absolute atomic E-state index is 0.343. The number of esters is 1. The maximum atomic E-state index is 11.9. The Kier molecular flexibility index (Phi) is 5.14. The van der Waals surface area contributed by atoms with Crippen LogP contribution in [0.3, 0.4) is 0 Å². The summed E-state index contributed by atoms with van der Waals surface area (Å²) in [4.78, 5) is 21.8. The molecule has 0 spiro atoms. The number of hydrogen-bond acceptors (Lipinski definition) is 7. The molecule has 0 amide bonds. The summed E-state index contributed by atoms with van der Waals surface area (Å²) in [7, 11) is 3.04. The van der Waals surface area contributed by atoms with Crippen molar-refractivity contribution in [2.24, 2.45) is 0 Å². The molecule has 3 rings (SSSR count). The third-order valence-corrected chi connectivity index (χ3v) is 5.14. The van der Waals surface area contributed by atoms with E-state index in [1.54, 1.807) is 7.11 Å². The number of aryl methyl sites for hydroxylation is 1. The van der Waals surface area contributed by atoms with Crippen LogP contribution in [0.25, 0.3) is 10.2 Å². The van der Waals surface area contributed by atoms with Gasteiger partial charge >= 0.3 is 5.97 Å². The Morgan fingerprint density at radius 3 is 2.64 bits per heavy atom. The number of thiophene rings is 1. The third kappa shape index (κ3) is 3.56. The summed E-state index contributed by atoms with van der Waals surface area (Å²) < 4.78 is 10.0. The number of hydrogen-bond donors (Lipinski definition) is 1. The maximum absolute atomic E-state index is 11.9. The van der Waals surface area contributed by atoms with Crippen LogP contribution in [-0.2, 0) is 11.2 Å². The van der Waals surface area contributed by atoms with Crippen molar-refractivity contribution >= 4 is 33.3 Å². The Balaban J connectivity index is 1.76. The number of benzene rings is 1. The van der Waals surface area contributed by atoms with Gasteiger partial charge in [-0.25, -0.2) is 14.8 Å². The Hall–Kier alpha value is -2.67. The molecule has 0 aliphatic carbocycles. The molecule has 0 aliphatic heterocycles. The van der Waals surface area contributed by atoms with Crippen molar-refractivity contribution in [3.8, 4) is 5.75 Å². The molecule has 0 saturated heterocycles. The Bertz CT molecular complexity index is 890. The number of rotatable bonds is 6. The summed E-state index contributed by atoms with van der Waals surface area (Å²) >= 11 is 1.33. The number of anilines is 1. The largest absolute Gasteiger partial charge is 0.497 e. The molecule has 0 fully saturated rings. The number of methoxy groups -OCH3 is 2. The zero-order valence-electron chi connectivity index (χ0n) is 14.3. The molecule has 0 bridgehead atoms. The molecule has 0 radical (unpaired) electrons. The summed E-state index contributed by atoms with van der Waals surface area (Å²) in [6, 6.07) is 7.98. The second-order valence-corrected chi connectivity index (χ2v) is 6.47. The quantitative estimate of drug-likeness (QED) is 0.681. The SMILES string of the molecule is COC(=O)c1sc2ncnc(NCCc3ccc(OC)cc3)c2c1C. The molecule has 6 nitrogen and oxygen atoms in total. The first-order valence-corrected chi connectivity index (χ1v) is 8.65.